The predicted octanol–water partition coefficient (Wildman–Crippen LogP) is 2.53. The van der Waals surface area contributed by atoms with Crippen LogP contribution in [0.4, 0.5) is 14.5 Å². The summed E-state index contributed by atoms with van der Waals surface area (Å²) in [4.78, 5) is 18.8. The van der Waals surface area contributed by atoms with E-state index in [1.807, 2.05) is 13.0 Å². The number of likely N-dealkylation sites (tertiary alicyclic amines) is 1. The van der Waals surface area contributed by atoms with Crippen molar-refractivity contribution >= 4 is 43.9 Å². The maximum Gasteiger partial charge on any atom is 0.260 e. The van der Waals surface area contributed by atoms with Crippen LogP contribution in [0.2, 0.25) is 0 Å². The summed E-state index contributed by atoms with van der Waals surface area (Å²) in [5.74, 6) is -3.19. The number of amides is 1. The van der Waals surface area contributed by atoms with E-state index < -0.39 is 28.0 Å². The molecule has 1 aromatic heterocycles. The van der Waals surface area contributed by atoms with Gasteiger partial charge in [-0.25, -0.2) is 22.2 Å². The van der Waals surface area contributed by atoms with Crippen LogP contribution in [0, 0.1) is 5.92 Å². The van der Waals surface area contributed by atoms with E-state index in [-0.39, 0.29) is 42.7 Å². The number of sulfonamides is 1. The first-order valence-electron chi connectivity index (χ1n) is 11.0. The Morgan fingerprint density at radius 2 is 1.94 bits per heavy atom. The average molecular weight is 512 g/mol. The number of carbonyl (C=O) groups excluding carboxylic acids is 1. The first-order valence-corrected chi connectivity index (χ1v) is 13.4. The van der Waals surface area contributed by atoms with Crippen LogP contribution >= 0.6 is 11.3 Å². The molecule has 4 rings (SSSR count). The molecule has 1 fully saturated rings. The number of aromatic nitrogens is 1. The Kier molecular flexibility index (Phi) is 6.56. The number of nitrogens with zero attached hydrogens (tertiary/aromatic N) is 2. The number of aliphatic hydroxyl groups is 1. The van der Waals surface area contributed by atoms with Crippen LogP contribution < -0.4 is 14.6 Å². The summed E-state index contributed by atoms with van der Waals surface area (Å²) >= 11 is 1.40. The molecule has 0 radical (unpaired) electrons. The Morgan fingerprint density at radius 3 is 2.56 bits per heavy atom. The number of alkyl halides is 2. The molecular formula is C23H27F2N3O4S2. The highest BCUT2D eigenvalue weighted by atomic mass is 32.2. The second-order valence-corrected chi connectivity index (χ2v) is 11.9. The van der Waals surface area contributed by atoms with Crippen molar-refractivity contribution in [3.63, 3.8) is 0 Å². The summed E-state index contributed by atoms with van der Waals surface area (Å²) in [7, 11) is -3.83. The normalized spacial score (nSPS) is 20.4. The second-order valence-electron chi connectivity index (χ2n) is 9.28. The zero-order chi connectivity index (χ0) is 24.7. The van der Waals surface area contributed by atoms with E-state index in [0.29, 0.717) is 23.0 Å². The third kappa shape index (κ3) is 5.47. The van der Waals surface area contributed by atoms with Crippen molar-refractivity contribution in [2.24, 2.45) is 5.92 Å². The molecule has 0 bridgehead atoms. The average Bonchev–Trinajstić information content (AvgIpc) is 3.20. The molecule has 7 nitrogen and oxygen atoms in total. The quantitative estimate of drug-likeness (QED) is 0.621. The van der Waals surface area contributed by atoms with E-state index in [0.717, 1.165) is 11.5 Å². The predicted molar refractivity (Wildman–Crippen MR) is 127 cm³/mol. The lowest BCUT2D eigenvalue weighted by Crippen LogP contribution is -2.48. The number of benzene rings is 1. The first kappa shape index (κ1) is 24.7. The Balaban J connectivity index is 1.44. The standard InChI is InChI=1S/C23H27F2N3O4S2/c1-15-11-18-20(26-14-33-18)19(12-15)34(31,32)27-17-5-3-16(4-6-17)21(29)28-9-7-23(30,8-10-28)13-22(2,24)25/h3-6,11,14-15,27,30H,7-10,12-13H2,1-2H3. The van der Waals surface area contributed by atoms with Crippen molar-refractivity contribution in [3.8, 4) is 0 Å². The van der Waals surface area contributed by atoms with Gasteiger partial charge >= 0.3 is 0 Å². The summed E-state index contributed by atoms with van der Waals surface area (Å²) in [5.41, 5.74) is 0.816. The maximum atomic E-state index is 13.3. The monoisotopic (exact) mass is 511 g/mol. The van der Waals surface area contributed by atoms with E-state index in [9.17, 15) is 27.1 Å². The Morgan fingerprint density at radius 1 is 1.29 bits per heavy atom. The maximum absolute atomic E-state index is 13.3. The lowest BCUT2D eigenvalue weighted by molar-refractivity contribution is -0.0984. The molecule has 34 heavy (non-hydrogen) atoms. The molecule has 1 aliphatic carbocycles. The number of rotatable bonds is 6. The van der Waals surface area contributed by atoms with E-state index in [1.54, 1.807) is 5.51 Å². The zero-order valence-corrected chi connectivity index (χ0v) is 20.6. The number of carbonyl (C=O) groups is 1. The van der Waals surface area contributed by atoms with Gasteiger partial charge in [0.25, 0.3) is 15.9 Å². The van der Waals surface area contributed by atoms with Crippen LogP contribution in [0.1, 0.15) is 49.9 Å². The number of fused-ring (bicyclic) bond motifs is 1. The number of thiazole rings is 1. The van der Waals surface area contributed by atoms with Gasteiger partial charge in [0.2, 0.25) is 5.92 Å². The van der Waals surface area contributed by atoms with Gasteiger partial charge in [-0.05, 0) is 56.4 Å². The zero-order valence-electron chi connectivity index (χ0n) is 18.9. The Hall–Kier alpha value is -2.37. The molecule has 1 unspecified atom stereocenters. The van der Waals surface area contributed by atoms with Crippen LogP contribution in [0.5, 0.6) is 0 Å². The topological polar surface area (TPSA) is 99.6 Å². The van der Waals surface area contributed by atoms with Crippen molar-refractivity contribution < 1.29 is 27.1 Å². The van der Waals surface area contributed by atoms with Crippen molar-refractivity contribution in [2.45, 2.75) is 51.1 Å². The highest BCUT2D eigenvalue weighted by Crippen LogP contribution is 2.34. The third-order valence-electron chi connectivity index (χ3n) is 6.13. The van der Waals surface area contributed by atoms with Gasteiger partial charge in [-0.2, -0.15) is 0 Å². The minimum atomic E-state index is -3.83. The van der Waals surface area contributed by atoms with E-state index in [2.05, 4.69) is 9.71 Å². The third-order valence-corrected chi connectivity index (χ3v) is 8.44. The molecule has 2 heterocycles. The molecule has 1 amide bonds. The molecule has 0 spiro atoms. The minimum absolute atomic E-state index is 0.0743. The molecule has 1 saturated heterocycles. The SMILES string of the molecule is CC1C=c2scnc2=C(S(=O)(=O)Nc2ccc(C(=O)N3CCC(O)(CC(C)(F)F)CC3)cc2)C1. The van der Waals surface area contributed by atoms with E-state index >= 15 is 0 Å². The number of nitrogens with one attached hydrogen (secondary N) is 1. The molecule has 11 heteroatoms. The molecule has 1 atom stereocenters. The highest BCUT2D eigenvalue weighted by molar-refractivity contribution is 8.01. The molecule has 184 valence electrons. The fraction of sp³-hybridized carbons (Fsp3) is 0.478. The van der Waals surface area contributed by atoms with Crippen molar-refractivity contribution in [2.75, 3.05) is 17.8 Å². The second kappa shape index (κ2) is 9.01. The van der Waals surface area contributed by atoms with Gasteiger partial charge in [-0.3, -0.25) is 9.52 Å². The molecule has 1 aliphatic heterocycles. The number of hydrogen-bond donors (Lipinski definition) is 2. The molecule has 2 aromatic rings. The highest BCUT2D eigenvalue weighted by Gasteiger charge is 2.40. The summed E-state index contributed by atoms with van der Waals surface area (Å²) in [6, 6.07) is 6.09. The van der Waals surface area contributed by atoms with Gasteiger partial charge in [-0.1, -0.05) is 13.0 Å². The molecule has 1 aromatic carbocycles. The molecular weight excluding hydrogens is 484 g/mol. The fourth-order valence-electron chi connectivity index (χ4n) is 4.49. The summed E-state index contributed by atoms with van der Waals surface area (Å²) in [5, 5.41) is 10.9. The largest absolute Gasteiger partial charge is 0.390 e. The van der Waals surface area contributed by atoms with E-state index in [1.165, 1.54) is 40.5 Å². The number of anilines is 1. The summed E-state index contributed by atoms with van der Waals surface area (Å²) in [6.07, 6.45) is 1.89. The van der Waals surface area contributed by atoms with Crippen LogP contribution in [0.25, 0.3) is 11.0 Å². The number of halogens is 2. The number of piperidine rings is 1. The van der Waals surface area contributed by atoms with Gasteiger partial charge in [0.1, 0.15) is 0 Å². The number of hydrogen-bond acceptors (Lipinski definition) is 6. The fourth-order valence-corrected chi connectivity index (χ4v) is 6.89. The van der Waals surface area contributed by atoms with Crippen molar-refractivity contribution in [1.82, 2.24) is 9.88 Å². The van der Waals surface area contributed by atoms with Gasteiger partial charge in [-0.15, -0.1) is 11.3 Å². The van der Waals surface area contributed by atoms with Crippen LogP contribution in [0.3, 0.4) is 0 Å². The van der Waals surface area contributed by atoms with Crippen LogP contribution in [-0.2, 0) is 10.0 Å². The molecule has 2 N–H and O–H groups in total. The van der Waals surface area contributed by atoms with Crippen LogP contribution in [-0.4, -0.2) is 53.9 Å². The lowest BCUT2D eigenvalue weighted by Gasteiger charge is -2.39. The van der Waals surface area contributed by atoms with Gasteiger partial charge in [0.05, 0.1) is 25.9 Å². The first-order chi connectivity index (χ1) is 15.9. The van der Waals surface area contributed by atoms with Gasteiger partial charge < -0.3 is 10.0 Å². The lowest BCUT2D eigenvalue weighted by atomic mass is 9.86. The Labute approximate surface area is 200 Å². The molecule has 0 saturated carbocycles. The van der Waals surface area contributed by atoms with Crippen molar-refractivity contribution in [1.29, 1.82) is 0 Å². The van der Waals surface area contributed by atoms with Gasteiger partial charge in [0.15, 0.2) is 0 Å². The smallest absolute Gasteiger partial charge is 0.260 e. The van der Waals surface area contributed by atoms with E-state index in [4.69, 9.17) is 0 Å². The van der Waals surface area contributed by atoms with Crippen molar-refractivity contribution in [3.05, 3.63) is 45.2 Å². The van der Waals surface area contributed by atoms with Crippen LogP contribution in [0.15, 0.2) is 29.8 Å². The summed E-state index contributed by atoms with van der Waals surface area (Å²) < 4.78 is 56.1. The Bertz CT molecular complexity index is 1290. The molecule has 2 aliphatic rings. The minimum Gasteiger partial charge on any atom is -0.390 e. The summed E-state index contributed by atoms with van der Waals surface area (Å²) in [6.45, 7) is 3.07. The van der Waals surface area contributed by atoms with Gasteiger partial charge in [0, 0.05) is 30.8 Å².